The van der Waals surface area contributed by atoms with Crippen molar-refractivity contribution in [3.05, 3.63) is 94.5 Å². The van der Waals surface area contributed by atoms with Crippen molar-refractivity contribution in [3.8, 4) is 22.9 Å². The van der Waals surface area contributed by atoms with Crippen molar-refractivity contribution in [2.45, 2.75) is 59.3 Å². The Hall–Kier alpha value is -4.43. The first-order valence-corrected chi connectivity index (χ1v) is 14.1. The van der Waals surface area contributed by atoms with Crippen LogP contribution in [0, 0.1) is 6.92 Å². The summed E-state index contributed by atoms with van der Waals surface area (Å²) in [7, 11) is 0. The molecule has 2 heterocycles. The van der Waals surface area contributed by atoms with Gasteiger partial charge in [-0.2, -0.15) is 0 Å². The molecule has 2 N–H and O–H groups in total. The Morgan fingerprint density at radius 2 is 1.19 bits per heavy atom. The van der Waals surface area contributed by atoms with E-state index < -0.39 is 0 Å². The van der Waals surface area contributed by atoms with Gasteiger partial charge in [-0.15, -0.1) is 30.0 Å². The molecule has 6 aromatic rings. The standard InChI is InChI=1S/C17H18ClN3O.C16H17N3O/c1-10-7-12(17(2,3)4)16(22)15(8-10)21-19-13-6-5-11(18)9-14(13)20-21;1-16(2,3)11-8-9-15(20)14(10-11)19-17-12-6-4-5-7-13(12)18-19/h5-9,22H,1-4H3;4-10,20H,1-3H3. The van der Waals surface area contributed by atoms with Crippen LogP contribution in [0.3, 0.4) is 0 Å². The molecule has 2 aromatic heterocycles. The van der Waals surface area contributed by atoms with E-state index in [2.05, 4.69) is 61.9 Å². The molecule has 0 bridgehead atoms. The summed E-state index contributed by atoms with van der Waals surface area (Å²) in [5.74, 6) is 0.391. The van der Waals surface area contributed by atoms with Gasteiger partial charge >= 0.3 is 0 Å². The van der Waals surface area contributed by atoms with Crippen LogP contribution >= 0.6 is 11.6 Å². The third kappa shape index (κ3) is 5.94. The molecule has 0 saturated carbocycles. The molecule has 0 radical (unpaired) electrons. The van der Waals surface area contributed by atoms with Gasteiger partial charge in [-0.3, -0.25) is 0 Å². The Kier molecular flexibility index (Phi) is 7.45. The first-order chi connectivity index (χ1) is 19.7. The van der Waals surface area contributed by atoms with Crippen LogP contribution in [0.15, 0.2) is 72.8 Å². The lowest BCUT2D eigenvalue weighted by atomic mass is 9.85. The van der Waals surface area contributed by atoms with Crippen molar-refractivity contribution < 1.29 is 10.2 Å². The van der Waals surface area contributed by atoms with Crippen molar-refractivity contribution >= 4 is 33.7 Å². The third-order valence-electron chi connectivity index (χ3n) is 6.94. The summed E-state index contributed by atoms with van der Waals surface area (Å²) in [4.78, 5) is 2.97. The Labute approximate surface area is 250 Å². The average Bonchev–Trinajstić information content (AvgIpc) is 3.53. The highest BCUT2D eigenvalue weighted by atomic mass is 35.5. The van der Waals surface area contributed by atoms with Crippen molar-refractivity contribution in [3.63, 3.8) is 0 Å². The largest absolute Gasteiger partial charge is 0.506 e. The van der Waals surface area contributed by atoms with E-state index in [9.17, 15) is 10.2 Å². The van der Waals surface area contributed by atoms with Crippen LogP contribution in [-0.4, -0.2) is 40.2 Å². The lowest BCUT2D eigenvalue weighted by Gasteiger charge is -2.22. The lowest BCUT2D eigenvalue weighted by molar-refractivity contribution is 0.440. The number of benzene rings is 4. The summed E-state index contributed by atoms with van der Waals surface area (Å²) in [5.41, 5.74) is 7.15. The summed E-state index contributed by atoms with van der Waals surface area (Å²) in [5, 5.41) is 39.0. The molecule has 0 spiro atoms. The maximum absolute atomic E-state index is 10.7. The molecule has 0 atom stereocenters. The Morgan fingerprint density at radius 3 is 1.79 bits per heavy atom. The summed E-state index contributed by atoms with van der Waals surface area (Å²) in [6.45, 7) is 14.6. The summed E-state index contributed by atoms with van der Waals surface area (Å²) in [6.07, 6.45) is 0. The summed E-state index contributed by atoms with van der Waals surface area (Å²) < 4.78 is 0. The molecule has 0 unspecified atom stereocenters. The Balaban J connectivity index is 0.000000169. The fourth-order valence-corrected chi connectivity index (χ4v) is 4.76. The van der Waals surface area contributed by atoms with Crippen LogP contribution in [0.4, 0.5) is 0 Å². The van der Waals surface area contributed by atoms with Gasteiger partial charge in [0.05, 0.1) is 0 Å². The third-order valence-corrected chi connectivity index (χ3v) is 7.18. The van der Waals surface area contributed by atoms with E-state index >= 15 is 0 Å². The van der Waals surface area contributed by atoms with E-state index in [1.54, 1.807) is 18.2 Å². The van der Waals surface area contributed by atoms with Crippen LogP contribution in [-0.2, 0) is 10.8 Å². The first kappa shape index (κ1) is 29.1. The molecule has 0 aliphatic rings. The molecule has 0 aliphatic carbocycles. The number of aromatic nitrogens is 6. The fourth-order valence-electron chi connectivity index (χ4n) is 4.60. The van der Waals surface area contributed by atoms with Gasteiger partial charge < -0.3 is 10.2 Å². The van der Waals surface area contributed by atoms with E-state index in [1.165, 1.54) is 9.59 Å². The minimum atomic E-state index is -0.166. The second kappa shape index (κ2) is 10.8. The van der Waals surface area contributed by atoms with Crippen LogP contribution in [0.5, 0.6) is 11.5 Å². The Bertz CT molecular complexity index is 1880. The molecule has 0 aliphatic heterocycles. The maximum Gasteiger partial charge on any atom is 0.146 e. The fraction of sp³-hybridized carbons (Fsp3) is 0.273. The molecular weight excluding hydrogens is 548 g/mol. The highest BCUT2D eigenvalue weighted by Gasteiger charge is 2.22. The topological polar surface area (TPSA) is 102 Å². The van der Waals surface area contributed by atoms with Crippen LogP contribution < -0.4 is 0 Å². The van der Waals surface area contributed by atoms with E-state index in [-0.39, 0.29) is 22.3 Å². The van der Waals surface area contributed by atoms with E-state index in [0.29, 0.717) is 21.9 Å². The van der Waals surface area contributed by atoms with Gasteiger partial charge in [-0.25, -0.2) is 0 Å². The molecule has 6 rings (SSSR count). The Morgan fingerprint density at radius 1 is 0.619 bits per heavy atom. The molecule has 216 valence electrons. The minimum Gasteiger partial charge on any atom is -0.506 e. The monoisotopic (exact) mass is 582 g/mol. The van der Waals surface area contributed by atoms with E-state index in [0.717, 1.165) is 33.2 Å². The number of phenols is 2. The second-order valence-electron chi connectivity index (χ2n) is 12.5. The van der Waals surface area contributed by atoms with Crippen molar-refractivity contribution in [2.24, 2.45) is 0 Å². The van der Waals surface area contributed by atoms with Gasteiger partial charge in [0.25, 0.3) is 0 Å². The molecule has 0 amide bonds. The number of aromatic hydroxyl groups is 2. The summed E-state index contributed by atoms with van der Waals surface area (Å²) in [6, 6.07) is 22.5. The smallest absolute Gasteiger partial charge is 0.146 e. The summed E-state index contributed by atoms with van der Waals surface area (Å²) >= 11 is 5.99. The van der Waals surface area contributed by atoms with Gasteiger partial charge in [0.1, 0.15) is 44.9 Å². The molecule has 8 nitrogen and oxygen atoms in total. The van der Waals surface area contributed by atoms with Gasteiger partial charge in [-0.05, 0) is 77.4 Å². The van der Waals surface area contributed by atoms with Crippen LogP contribution in [0.25, 0.3) is 33.4 Å². The highest BCUT2D eigenvalue weighted by Crippen LogP contribution is 2.36. The lowest BCUT2D eigenvalue weighted by Crippen LogP contribution is -2.13. The normalized spacial score (nSPS) is 12.0. The number of halogens is 1. The number of phenolic OH excluding ortho intramolecular Hbond substituents is 2. The maximum atomic E-state index is 10.7. The van der Waals surface area contributed by atoms with Crippen LogP contribution in [0.1, 0.15) is 58.2 Å². The predicted molar refractivity (Wildman–Crippen MR) is 168 cm³/mol. The quantitative estimate of drug-likeness (QED) is 0.216. The number of rotatable bonds is 2. The van der Waals surface area contributed by atoms with Crippen LogP contribution in [0.2, 0.25) is 5.02 Å². The molecule has 0 saturated heterocycles. The number of aryl methyl sites for hydroxylation is 1. The number of hydrogen-bond donors (Lipinski definition) is 2. The highest BCUT2D eigenvalue weighted by molar-refractivity contribution is 6.31. The van der Waals surface area contributed by atoms with Crippen molar-refractivity contribution in [1.29, 1.82) is 0 Å². The zero-order valence-electron chi connectivity index (χ0n) is 24.9. The SMILES string of the molecule is CC(C)(C)c1ccc(O)c(-n2nc3ccccc3n2)c1.Cc1cc(-n2nc3ccc(Cl)cc3n2)c(O)c(C(C)(C)C)c1. The first-order valence-electron chi connectivity index (χ1n) is 13.7. The average molecular weight is 583 g/mol. The molecule has 0 fully saturated rings. The zero-order chi connectivity index (χ0) is 30.4. The van der Waals surface area contributed by atoms with Gasteiger partial charge in [0.15, 0.2) is 0 Å². The number of nitrogens with zero attached hydrogens (tertiary/aromatic N) is 6. The van der Waals surface area contributed by atoms with Gasteiger partial charge in [-0.1, -0.05) is 77.4 Å². The van der Waals surface area contributed by atoms with E-state index in [1.807, 2.05) is 61.5 Å². The predicted octanol–water partition coefficient (Wildman–Crippen LogP) is 7.81. The minimum absolute atomic E-state index is 0.00895. The molecular formula is C33H35ClN6O2. The van der Waals surface area contributed by atoms with Gasteiger partial charge in [0.2, 0.25) is 0 Å². The second-order valence-corrected chi connectivity index (χ2v) is 12.9. The van der Waals surface area contributed by atoms with E-state index in [4.69, 9.17) is 11.6 Å². The molecule has 4 aromatic carbocycles. The number of fused-ring (bicyclic) bond motifs is 2. The van der Waals surface area contributed by atoms with Gasteiger partial charge in [0, 0.05) is 10.6 Å². The van der Waals surface area contributed by atoms with Crippen molar-refractivity contribution in [2.75, 3.05) is 0 Å². The number of hydrogen-bond acceptors (Lipinski definition) is 6. The van der Waals surface area contributed by atoms with Crippen molar-refractivity contribution in [1.82, 2.24) is 30.0 Å². The molecule has 9 heteroatoms. The zero-order valence-corrected chi connectivity index (χ0v) is 25.6. The molecule has 42 heavy (non-hydrogen) atoms.